The number of pyridine rings is 1. The van der Waals surface area contributed by atoms with Crippen molar-refractivity contribution in [3.8, 4) is 0 Å². The Balaban J connectivity index is 1.63. The van der Waals surface area contributed by atoms with Gasteiger partial charge in [0.05, 0.1) is 5.52 Å². The third-order valence-corrected chi connectivity index (χ3v) is 4.93. The predicted molar refractivity (Wildman–Crippen MR) is 114 cm³/mol. The van der Waals surface area contributed by atoms with Crippen LogP contribution in [0.25, 0.3) is 16.5 Å². The number of hydrogen-bond donors (Lipinski definition) is 1. The highest BCUT2D eigenvalue weighted by atomic mass is 16.8. The van der Waals surface area contributed by atoms with E-state index in [1.165, 1.54) is 6.08 Å². The van der Waals surface area contributed by atoms with Gasteiger partial charge < -0.3 is 14.7 Å². The van der Waals surface area contributed by atoms with E-state index in [4.69, 9.17) is 9.57 Å². The van der Waals surface area contributed by atoms with Crippen LogP contribution in [0, 0.1) is 5.92 Å². The van der Waals surface area contributed by atoms with E-state index in [-0.39, 0.29) is 0 Å². The average Bonchev–Trinajstić information content (AvgIpc) is 2.67. The predicted octanol–water partition coefficient (Wildman–Crippen LogP) is 4.67. The number of nitrogens with zero attached hydrogens (tertiary/aromatic N) is 2. The molecule has 0 atom stereocenters. The first kappa shape index (κ1) is 21.8. The standard InChI is InChI=1S/C23H28N2O5/c1-23(2,3)29-22(28)30-25-10-8-16(9-11-25)12-18(14-21(26)27)19-13-17-6-4-5-7-20(17)24-15-19/h4-7,13-16H,8-12H2,1-3H3,(H,26,27)/b18-14-. The Morgan fingerprint density at radius 3 is 2.60 bits per heavy atom. The highest BCUT2D eigenvalue weighted by Gasteiger charge is 2.26. The molecule has 1 aliphatic heterocycles. The number of benzene rings is 1. The zero-order chi connectivity index (χ0) is 21.7. The van der Waals surface area contributed by atoms with Crippen LogP contribution in [0.3, 0.4) is 0 Å². The van der Waals surface area contributed by atoms with Gasteiger partial charge in [-0.05, 0) is 69.2 Å². The minimum Gasteiger partial charge on any atom is -0.478 e. The Kier molecular flexibility index (Phi) is 6.72. The molecule has 0 bridgehead atoms. The van der Waals surface area contributed by atoms with Gasteiger partial charge in [-0.1, -0.05) is 18.2 Å². The molecular formula is C23H28N2O5. The van der Waals surface area contributed by atoms with Crippen molar-refractivity contribution in [3.05, 3.63) is 48.2 Å². The fourth-order valence-corrected chi connectivity index (χ4v) is 3.55. The first-order valence-electron chi connectivity index (χ1n) is 10.1. The van der Waals surface area contributed by atoms with E-state index in [9.17, 15) is 14.7 Å². The summed E-state index contributed by atoms with van der Waals surface area (Å²) in [5.41, 5.74) is 1.86. The quantitative estimate of drug-likeness (QED) is 0.564. The van der Waals surface area contributed by atoms with Crippen LogP contribution in [0.15, 0.2) is 42.6 Å². The van der Waals surface area contributed by atoms with Crippen LogP contribution in [-0.2, 0) is 14.4 Å². The molecule has 1 aliphatic rings. The lowest BCUT2D eigenvalue weighted by atomic mass is 9.88. The van der Waals surface area contributed by atoms with E-state index in [1.807, 2.05) is 30.3 Å². The summed E-state index contributed by atoms with van der Waals surface area (Å²) in [7, 11) is 0. The first-order chi connectivity index (χ1) is 14.2. The van der Waals surface area contributed by atoms with Crippen molar-refractivity contribution in [1.29, 1.82) is 0 Å². The van der Waals surface area contributed by atoms with Crippen LogP contribution in [0.1, 0.15) is 45.6 Å². The Hall–Kier alpha value is -2.93. The fourth-order valence-electron chi connectivity index (χ4n) is 3.55. The number of fused-ring (bicyclic) bond motifs is 1. The van der Waals surface area contributed by atoms with Gasteiger partial charge in [-0.3, -0.25) is 4.98 Å². The molecule has 0 aliphatic carbocycles. The second-order valence-corrected chi connectivity index (χ2v) is 8.56. The van der Waals surface area contributed by atoms with Crippen LogP contribution in [-0.4, -0.2) is 46.0 Å². The molecule has 0 unspecified atom stereocenters. The van der Waals surface area contributed by atoms with Crippen LogP contribution >= 0.6 is 0 Å². The number of carboxylic acid groups (broad SMARTS) is 1. The molecule has 0 spiro atoms. The summed E-state index contributed by atoms with van der Waals surface area (Å²) >= 11 is 0. The Morgan fingerprint density at radius 1 is 1.23 bits per heavy atom. The van der Waals surface area contributed by atoms with Gasteiger partial charge in [0.15, 0.2) is 0 Å². The molecule has 30 heavy (non-hydrogen) atoms. The molecule has 160 valence electrons. The van der Waals surface area contributed by atoms with Crippen molar-refractivity contribution in [2.45, 2.75) is 45.6 Å². The van der Waals surface area contributed by atoms with Crippen LogP contribution < -0.4 is 0 Å². The van der Waals surface area contributed by atoms with E-state index < -0.39 is 17.7 Å². The maximum atomic E-state index is 11.8. The number of carbonyl (C=O) groups excluding carboxylic acids is 1. The third-order valence-electron chi connectivity index (χ3n) is 4.93. The highest BCUT2D eigenvalue weighted by molar-refractivity contribution is 5.91. The Morgan fingerprint density at radius 2 is 1.93 bits per heavy atom. The zero-order valence-electron chi connectivity index (χ0n) is 17.6. The van der Waals surface area contributed by atoms with E-state index in [0.29, 0.717) is 25.4 Å². The Labute approximate surface area is 176 Å². The molecule has 7 heteroatoms. The fraction of sp³-hybridized carbons (Fsp3) is 0.435. The number of carboxylic acids is 1. The SMILES string of the molecule is CC(C)(C)OC(=O)ON1CCC(C/C(=C/C(=O)O)c2cnc3ccccc3c2)CC1. The van der Waals surface area contributed by atoms with Crippen LogP contribution in [0.2, 0.25) is 0 Å². The largest absolute Gasteiger partial charge is 0.528 e. The lowest BCUT2D eigenvalue weighted by Crippen LogP contribution is -2.37. The summed E-state index contributed by atoms with van der Waals surface area (Å²) in [6.45, 7) is 6.54. The van der Waals surface area contributed by atoms with Crippen molar-refractivity contribution in [2.24, 2.45) is 5.92 Å². The van der Waals surface area contributed by atoms with Gasteiger partial charge in [-0.15, -0.1) is 5.06 Å². The number of hydrogen-bond acceptors (Lipinski definition) is 6. The zero-order valence-corrected chi connectivity index (χ0v) is 17.6. The summed E-state index contributed by atoms with van der Waals surface area (Å²) in [6.07, 6.45) is 4.52. The minimum absolute atomic E-state index is 0.292. The van der Waals surface area contributed by atoms with Gasteiger partial charge in [0, 0.05) is 30.7 Å². The number of allylic oxidation sites excluding steroid dienone is 1. The lowest BCUT2D eigenvalue weighted by molar-refractivity contribution is -0.155. The number of aromatic nitrogens is 1. The van der Waals surface area contributed by atoms with Gasteiger partial charge in [0.25, 0.3) is 0 Å². The summed E-state index contributed by atoms with van der Waals surface area (Å²) in [6, 6.07) is 9.75. The van der Waals surface area contributed by atoms with Gasteiger partial charge >= 0.3 is 12.1 Å². The maximum absolute atomic E-state index is 11.8. The van der Waals surface area contributed by atoms with Crippen LogP contribution in [0.4, 0.5) is 4.79 Å². The van der Waals surface area contributed by atoms with Crippen molar-refractivity contribution < 1.29 is 24.3 Å². The number of rotatable bonds is 5. The first-order valence-corrected chi connectivity index (χ1v) is 10.1. The van der Waals surface area contributed by atoms with E-state index in [1.54, 1.807) is 32.0 Å². The molecular weight excluding hydrogens is 384 g/mol. The minimum atomic E-state index is -0.969. The number of hydroxylamine groups is 2. The van der Waals surface area contributed by atoms with Crippen molar-refractivity contribution >= 4 is 28.6 Å². The molecule has 1 fully saturated rings. The molecule has 1 N–H and O–H groups in total. The molecule has 0 saturated carbocycles. The number of para-hydroxylation sites is 1. The molecule has 0 amide bonds. The molecule has 2 heterocycles. The Bertz CT molecular complexity index is 940. The monoisotopic (exact) mass is 412 g/mol. The third kappa shape index (κ3) is 6.29. The van der Waals surface area contributed by atoms with Gasteiger partial charge in [0.1, 0.15) is 5.60 Å². The topological polar surface area (TPSA) is 89.0 Å². The van der Waals surface area contributed by atoms with E-state index in [0.717, 1.165) is 34.9 Å². The van der Waals surface area contributed by atoms with Crippen molar-refractivity contribution in [3.63, 3.8) is 0 Å². The second-order valence-electron chi connectivity index (χ2n) is 8.56. The van der Waals surface area contributed by atoms with Gasteiger partial charge in [0.2, 0.25) is 0 Å². The van der Waals surface area contributed by atoms with Crippen LogP contribution in [0.5, 0.6) is 0 Å². The maximum Gasteiger partial charge on any atom is 0.528 e. The number of ether oxygens (including phenoxy) is 1. The normalized spacial score (nSPS) is 16.4. The van der Waals surface area contributed by atoms with Crippen molar-refractivity contribution in [2.75, 3.05) is 13.1 Å². The second kappa shape index (κ2) is 9.26. The van der Waals surface area contributed by atoms with Crippen molar-refractivity contribution in [1.82, 2.24) is 10.0 Å². The molecule has 3 rings (SSSR count). The molecule has 1 saturated heterocycles. The van der Waals surface area contributed by atoms with E-state index in [2.05, 4.69) is 4.98 Å². The molecule has 1 aromatic heterocycles. The van der Waals surface area contributed by atoms with Gasteiger partial charge in [-0.2, -0.15) is 0 Å². The lowest BCUT2D eigenvalue weighted by Gasteiger charge is -2.31. The summed E-state index contributed by atoms with van der Waals surface area (Å²) in [5, 5.41) is 11.9. The number of piperidine rings is 1. The summed E-state index contributed by atoms with van der Waals surface area (Å²) in [5.74, 6) is -0.676. The number of carbonyl (C=O) groups is 2. The van der Waals surface area contributed by atoms with E-state index >= 15 is 0 Å². The average molecular weight is 412 g/mol. The summed E-state index contributed by atoms with van der Waals surface area (Å²) in [4.78, 5) is 33.0. The molecule has 2 aromatic rings. The molecule has 0 radical (unpaired) electrons. The smallest absolute Gasteiger partial charge is 0.478 e. The molecule has 7 nitrogen and oxygen atoms in total. The van der Waals surface area contributed by atoms with Gasteiger partial charge in [-0.25, -0.2) is 9.59 Å². The summed E-state index contributed by atoms with van der Waals surface area (Å²) < 4.78 is 5.18. The molecule has 1 aromatic carbocycles. The highest BCUT2D eigenvalue weighted by Crippen LogP contribution is 2.30. The number of aliphatic carboxylic acids is 1.